The number of thiazole rings is 1. The van der Waals surface area contributed by atoms with Gasteiger partial charge >= 0.3 is 12.1 Å². The predicted octanol–water partition coefficient (Wildman–Crippen LogP) is 8.55. The van der Waals surface area contributed by atoms with E-state index in [9.17, 15) is 32.0 Å². The minimum absolute atomic E-state index is 0.0794. The minimum Gasteiger partial charge on any atom is -0.461 e. The molecule has 0 radical (unpaired) electrons. The summed E-state index contributed by atoms with van der Waals surface area (Å²) in [6, 6.07) is 9.54. The van der Waals surface area contributed by atoms with E-state index in [-0.39, 0.29) is 27.4 Å². The van der Waals surface area contributed by atoms with Crippen LogP contribution in [0.25, 0.3) is 22.4 Å². The number of benzene rings is 2. The lowest BCUT2D eigenvalue weighted by Crippen LogP contribution is -2.12. The normalized spacial score (nSPS) is 11.8. The number of nitrogens with zero attached hydrogens (tertiary/aromatic N) is 2. The molecule has 0 unspecified atom stereocenters. The number of rotatable bonds is 7. The molecular formula is C28H27F5N2O2S. The third kappa shape index (κ3) is 8.21. The molecule has 0 bridgehead atoms. The minimum atomic E-state index is -4.75. The van der Waals surface area contributed by atoms with Crippen LogP contribution in [0.5, 0.6) is 0 Å². The molecule has 0 spiro atoms. The molecule has 38 heavy (non-hydrogen) atoms. The first-order chi connectivity index (χ1) is 17.9. The molecular weight excluding hydrogens is 523 g/mol. The zero-order valence-electron chi connectivity index (χ0n) is 21.3. The highest BCUT2D eigenvalue weighted by Crippen LogP contribution is 2.39. The quantitative estimate of drug-likeness (QED) is 0.168. The number of esters is 1. The average Bonchev–Trinajstić information content (AvgIpc) is 3.30. The number of hydrogen-bond acceptors (Lipinski definition) is 5. The standard InChI is InChI=1S/C22H13F5N2O2S.C6H14/c1-12(30)31-10-15(13-5-2-3-6-16(13)22(25,26)27)14(9-28)21-29-19(11-32-21)20-17(23)7-4-8-18(20)24;1-4-5-6(2)3/h2-8,11H,10H2,1H3;6H,4-5H2,1-3H3/b15-14+;. The Hall–Kier alpha value is -3.58. The maximum absolute atomic E-state index is 14.1. The Balaban J connectivity index is 0.000000757. The van der Waals surface area contributed by atoms with Crippen LogP contribution in [-0.4, -0.2) is 17.6 Å². The number of halogens is 5. The van der Waals surface area contributed by atoms with Gasteiger partial charge < -0.3 is 4.74 Å². The molecule has 1 heterocycles. The van der Waals surface area contributed by atoms with E-state index in [4.69, 9.17) is 4.74 Å². The Morgan fingerprint density at radius 3 is 2.24 bits per heavy atom. The van der Waals surface area contributed by atoms with Crippen LogP contribution in [0.2, 0.25) is 0 Å². The number of hydrogen-bond donors (Lipinski definition) is 0. The predicted molar refractivity (Wildman–Crippen MR) is 138 cm³/mol. The Labute approximate surface area is 222 Å². The van der Waals surface area contributed by atoms with Crippen molar-refractivity contribution < 1.29 is 31.5 Å². The van der Waals surface area contributed by atoms with E-state index < -0.39 is 41.5 Å². The van der Waals surface area contributed by atoms with Crippen molar-refractivity contribution in [2.45, 2.75) is 46.7 Å². The fraction of sp³-hybridized carbons (Fsp3) is 0.321. The van der Waals surface area contributed by atoms with Crippen molar-refractivity contribution in [2.24, 2.45) is 5.92 Å². The third-order valence-corrected chi connectivity index (χ3v) is 6.05. The SMILES string of the molecule is CC(=O)OC/C(=C(/C#N)c1nc(-c2c(F)cccc2F)cs1)c1ccccc1C(F)(F)F.CCCC(C)C. The molecule has 2 aromatic carbocycles. The van der Waals surface area contributed by atoms with Crippen molar-refractivity contribution in [1.29, 1.82) is 5.26 Å². The number of carbonyl (C=O) groups excluding carboxylic acids is 1. The van der Waals surface area contributed by atoms with Crippen molar-refractivity contribution in [3.05, 3.63) is 75.6 Å². The molecule has 0 atom stereocenters. The maximum Gasteiger partial charge on any atom is 0.416 e. The molecule has 0 amide bonds. The highest BCUT2D eigenvalue weighted by atomic mass is 32.1. The van der Waals surface area contributed by atoms with Gasteiger partial charge in [-0.3, -0.25) is 4.79 Å². The summed E-state index contributed by atoms with van der Waals surface area (Å²) in [7, 11) is 0. The van der Waals surface area contributed by atoms with E-state index in [1.165, 1.54) is 36.4 Å². The van der Waals surface area contributed by atoms with Crippen LogP contribution in [0.4, 0.5) is 22.0 Å². The first kappa shape index (κ1) is 30.6. The highest BCUT2D eigenvalue weighted by Gasteiger charge is 2.35. The molecule has 4 nitrogen and oxygen atoms in total. The summed E-state index contributed by atoms with van der Waals surface area (Å²) < 4.78 is 73.9. The molecule has 1 aromatic heterocycles. The summed E-state index contributed by atoms with van der Waals surface area (Å²) in [6.07, 6.45) is -2.04. The third-order valence-electron chi connectivity index (χ3n) is 5.19. The molecule has 0 aliphatic carbocycles. The van der Waals surface area contributed by atoms with E-state index in [0.29, 0.717) is 0 Å². The number of nitriles is 1. The van der Waals surface area contributed by atoms with E-state index in [1.807, 2.05) is 0 Å². The number of allylic oxidation sites excluding steroid dienone is 1. The van der Waals surface area contributed by atoms with Crippen molar-refractivity contribution in [2.75, 3.05) is 6.61 Å². The molecule has 0 aliphatic rings. The molecule has 3 rings (SSSR count). The van der Waals surface area contributed by atoms with E-state index in [1.54, 1.807) is 6.07 Å². The smallest absolute Gasteiger partial charge is 0.416 e. The van der Waals surface area contributed by atoms with Gasteiger partial charge in [0.1, 0.15) is 29.3 Å². The van der Waals surface area contributed by atoms with Gasteiger partial charge in [0.2, 0.25) is 0 Å². The van der Waals surface area contributed by atoms with Crippen LogP contribution in [0, 0.1) is 28.9 Å². The Morgan fingerprint density at radius 2 is 1.74 bits per heavy atom. The Bertz CT molecular complexity index is 1300. The van der Waals surface area contributed by atoms with E-state index in [0.717, 1.165) is 48.4 Å². The van der Waals surface area contributed by atoms with E-state index in [2.05, 4.69) is 25.8 Å². The molecule has 0 saturated carbocycles. The van der Waals surface area contributed by atoms with Gasteiger partial charge in [0.15, 0.2) is 0 Å². The molecule has 0 aliphatic heterocycles. The van der Waals surface area contributed by atoms with Crippen molar-refractivity contribution >= 4 is 28.5 Å². The summed E-state index contributed by atoms with van der Waals surface area (Å²) in [5.41, 5.74) is -2.49. The van der Waals surface area contributed by atoms with E-state index >= 15 is 0 Å². The lowest BCUT2D eigenvalue weighted by Gasteiger charge is -2.16. The fourth-order valence-electron chi connectivity index (χ4n) is 3.52. The summed E-state index contributed by atoms with van der Waals surface area (Å²) in [4.78, 5) is 15.4. The summed E-state index contributed by atoms with van der Waals surface area (Å²) >= 11 is 0.819. The molecule has 202 valence electrons. The highest BCUT2D eigenvalue weighted by molar-refractivity contribution is 7.11. The topological polar surface area (TPSA) is 63.0 Å². The molecule has 10 heteroatoms. The van der Waals surface area contributed by atoms with Crippen LogP contribution < -0.4 is 0 Å². The average molecular weight is 551 g/mol. The molecule has 0 saturated heterocycles. The Morgan fingerprint density at radius 1 is 1.11 bits per heavy atom. The maximum atomic E-state index is 14.1. The molecule has 0 fully saturated rings. The summed E-state index contributed by atoms with van der Waals surface area (Å²) in [5.74, 6) is -1.63. The van der Waals surface area contributed by atoms with Gasteiger partial charge in [-0.2, -0.15) is 18.4 Å². The largest absolute Gasteiger partial charge is 0.461 e. The second-order valence-corrected chi connectivity index (χ2v) is 9.46. The first-order valence-electron chi connectivity index (χ1n) is 11.7. The van der Waals surface area contributed by atoms with Crippen LogP contribution >= 0.6 is 11.3 Å². The van der Waals surface area contributed by atoms with Gasteiger partial charge in [0, 0.05) is 17.9 Å². The zero-order chi connectivity index (χ0) is 28.5. The molecule has 3 aromatic rings. The van der Waals surface area contributed by atoms with Crippen molar-refractivity contribution in [1.82, 2.24) is 4.98 Å². The monoisotopic (exact) mass is 550 g/mol. The second-order valence-electron chi connectivity index (χ2n) is 8.61. The van der Waals surface area contributed by atoms with Crippen molar-refractivity contribution in [3.63, 3.8) is 0 Å². The van der Waals surface area contributed by atoms with Crippen LogP contribution in [0.1, 0.15) is 56.7 Å². The summed E-state index contributed by atoms with van der Waals surface area (Å²) in [5, 5.41) is 11.0. The van der Waals surface area contributed by atoms with Crippen LogP contribution in [0.3, 0.4) is 0 Å². The first-order valence-corrected chi connectivity index (χ1v) is 12.6. The van der Waals surface area contributed by atoms with Gasteiger partial charge in [-0.15, -0.1) is 11.3 Å². The number of carbonyl (C=O) groups is 1. The zero-order valence-corrected chi connectivity index (χ0v) is 22.1. The number of ether oxygens (including phenoxy) is 1. The summed E-state index contributed by atoms with van der Waals surface area (Å²) in [6.45, 7) is 7.17. The lowest BCUT2D eigenvalue weighted by molar-refractivity contribution is -0.139. The number of alkyl halides is 3. The number of aromatic nitrogens is 1. The van der Waals surface area contributed by atoms with Gasteiger partial charge in [0.05, 0.1) is 22.4 Å². The molecule has 0 N–H and O–H groups in total. The second kappa shape index (κ2) is 13.8. The van der Waals surface area contributed by atoms with Crippen LogP contribution in [0.15, 0.2) is 47.8 Å². The van der Waals surface area contributed by atoms with Gasteiger partial charge in [-0.05, 0) is 29.7 Å². The van der Waals surface area contributed by atoms with Gasteiger partial charge in [-0.25, -0.2) is 13.8 Å². The lowest BCUT2D eigenvalue weighted by atomic mass is 9.96. The van der Waals surface area contributed by atoms with Crippen molar-refractivity contribution in [3.8, 4) is 17.3 Å². The van der Waals surface area contributed by atoms with Gasteiger partial charge in [-0.1, -0.05) is 57.9 Å². The van der Waals surface area contributed by atoms with Crippen LogP contribution in [-0.2, 0) is 15.7 Å². The Kier molecular flexibility index (Phi) is 11.1. The van der Waals surface area contributed by atoms with Gasteiger partial charge in [0.25, 0.3) is 0 Å². The fourth-order valence-corrected chi connectivity index (χ4v) is 4.35.